The number of carbonyl (C=O) groups excluding carboxylic acids is 2. The summed E-state index contributed by atoms with van der Waals surface area (Å²) in [6, 6.07) is 11.5. The molecule has 5 atom stereocenters. The number of nitrogens with two attached hydrogens (primary N) is 1. The number of aromatic hydroxyl groups is 1. The van der Waals surface area contributed by atoms with Gasteiger partial charge in [-0.3, -0.25) is 19.5 Å². The maximum atomic E-state index is 17.4. The van der Waals surface area contributed by atoms with E-state index in [2.05, 4.69) is 27.4 Å². The van der Waals surface area contributed by atoms with Crippen molar-refractivity contribution in [2.45, 2.75) is 94.5 Å². The van der Waals surface area contributed by atoms with Crippen molar-refractivity contribution >= 4 is 50.3 Å². The van der Waals surface area contributed by atoms with Crippen molar-refractivity contribution in [1.82, 2.24) is 34.3 Å². The van der Waals surface area contributed by atoms with Crippen molar-refractivity contribution in [1.29, 1.82) is 0 Å². The molecule has 0 spiro atoms. The monoisotopic (exact) mass is 1060 g/mol. The molecule has 10 heterocycles. The molecule has 3 aromatic carbocycles. The standard InChI is InChI=1S/C58H52F3N9O8/c1-4-36-44(60)11-7-30-15-34(71)16-38(47(30)36)50-48(61)51-40(21-63-50)52(66-56(65-51)78-28-57-13-6-14-68(57)22-31(59)19-57)67-23-32-8-9-33(24-67)70(32)53(72)29(3)26-76-35-10-12-45-37(17-35)39(20-62)41-25-69-46(49(41)64-45)18-43-42(54(69)73)27-77-55(74)58(43,75)5-2/h1,7,10-12,15-18,21,31-33,71,75H,3,5-6,8-9,13-14,19-20,22-28,62H2,2H3. The molecule has 4 N–H and O–H groups in total. The summed E-state index contributed by atoms with van der Waals surface area (Å²) in [5.74, 6) is 0.246. The number of alkyl halides is 1. The van der Waals surface area contributed by atoms with Crippen LogP contribution in [0.1, 0.15) is 73.3 Å². The number of terminal acetylenes is 1. The van der Waals surface area contributed by atoms with Gasteiger partial charge < -0.3 is 44.5 Å². The van der Waals surface area contributed by atoms with E-state index in [-0.39, 0.29) is 131 Å². The van der Waals surface area contributed by atoms with Crippen LogP contribution in [0.15, 0.2) is 71.7 Å². The van der Waals surface area contributed by atoms with E-state index in [1.165, 1.54) is 30.5 Å². The Labute approximate surface area is 444 Å². The maximum absolute atomic E-state index is 17.4. The molecule has 4 aromatic heterocycles. The summed E-state index contributed by atoms with van der Waals surface area (Å²) in [5.41, 5.74) is 6.75. The summed E-state index contributed by atoms with van der Waals surface area (Å²) in [7, 11) is 0. The molecule has 4 fully saturated rings. The first-order valence-electron chi connectivity index (χ1n) is 26.1. The number of pyridine rings is 3. The molecule has 0 saturated carbocycles. The van der Waals surface area contributed by atoms with E-state index in [4.69, 9.17) is 36.3 Å². The van der Waals surface area contributed by atoms with Gasteiger partial charge in [0.1, 0.15) is 60.3 Å². The molecule has 13 rings (SSSR count). The smallest absolute Gasteiger partial charge is 0.343 e. The van der Waals surface area contributed by atoms with E-state index in [9.17, 15) is 29.0 Å². The van der Waals surface area contributed by atoms with Gasteiger partial charge in [0.25, 0.3) is 11.5 Å². The quantitative estimate of drug-likeness (QED) is 0.0724. The number of esters is 1. The Hall–Kier alpha value is -8.12. The third kappa shape index (κ3) is 7.52. The lowest BCUT2D eigenvalue weighted by Crippen LogP contribution is -2.56. The number of nitrogens with zero attached hydrogens (tertiary/aromatic N) is 8. The number of aliphatic hydroxyl groups is 1. The molecule has 0 radical (unpaired) electrons. The maximum Gasteiger partial charge on any atom is 0.343 e. The van der Waals surface area contributed by atoms with Crippen LogP contribution in [0.5, 0.6) is 17.5 Å². The topological polar surface area (TPSA) is 212 Å². The average Bonchev–Trinajstić information content (AvgIpc) is 4.33. The van der Waals surface area contributed by atoms with Crippen LogP contribution < -0.4 is 25.7 Å². The first-order chi connectivity index (χ1) is 37.6. The minimum Gasteiger partial charge on any atom is -0.508 e. The van der Waals surface area contributed by atoms with Crippen molar-refractivity contribution < 1.29 is 47.2 Å². The van der Waals surface area contributed by atoms with Gasteiger partial charge in [0, 0.05) is 71.8 Å². The van der Waals surface area contributed by atoms with Crippen LogP contribution in [0.4, 0.5) is 19.0 Å². The molecule has 4 saturated heterocycles. The number of phenols is 1. The second kappa shape index (κ2) is 18.2. The number of aromatic nitrogens is 5. The van der Waals surface area contributed by atoms with E-state index in [1.54, 1.807) is 35.8 Å². The lowest BCUT2D eigenvalue weighted by atomic mass is 9.86. The molecule has 5 unspecified atom stereocenters. The van der Waals surface area contributed by atoms with Crippen molar-refractivity contribution in [2.24, 2.45) is 5.73 Å². The van der Waals surface area contributed by atoms with Gasteiger partial charge >= 0.3 is 12.0 Å². The Balaban J connectivity index is 0.768. The van der Waals surface area contributed by atoms with Crippen LogP contribution in [-0.4, -0.2) is 120 Å². The van der Waals surface area contributed by atoms with Gasteiger partial charge in [-0.2, -0.15) is 9.97 Å². The number of amides is 1. The highest BCUT2D eigenvalue weighted by molar-refractivity contribution is 6.03. The second-order valence-corrected chi connectivity index (χ2v) is 21.3. The van der Waals surface area contributed by atoms with Crippen molar-refractivity contribution in [3.63, 3.8) is 0 Å². The van der Waals surface area contributed by atoms with Crippen LogP contribution >= 0.6 is 0 Å². The number of cyclic esters (lactones) is 1. The lowest BCUT2D eigenvalue weighted by Gasteiger charge is -2.42. The largest absolute Gasteiger partial charge is 0.508 e. The van der Waals surface area contributed by atoms with Gasteiger partial charge in [-0.25, -0.2) is 22.9 Å². The van der Waals surface area contributed by atoms with Gasteiger partial charge in [0.05, 0.1) is 57.6 Å². The lowest BCUT2D eigenvalue weighted by molar-refractivity contribution is -0.172. The van der Waals surface area contributed by atoms with Crippen molar-refractivity contribution in [3.05, 3.63) is 117 Å². The summed E-state index contributed by atoms with van der Waals surface area (Å²) < 4.78 is 66.8. The summed E-state index contributed by atoms with van der Waals surface area (Å²) in [5, 5.41) is 23.6. The molecule has 1 amide bonds. The third-order valence-corrected chi connectivity index (χ3v) is 17.0. The van der Waals surface area contributed by atoms with E-state index in [0.29, 0.717) is 71.7 Å². The molecule has 398 valence electrons. The van der Waals surface area contributed by atoms with Crippen LogP contribution in [0, 0.1) is 24.0 Å². The minimum absolute atomic E-state index is 0.0184. The first-order valence-corrected chi connectivity index (χ1v) is 26.1. The number of carbonyl (C=O) groups is 2. The molecule has 2 bridgehead atoms. The first kappa shape index (κ1) is 49.5. The number of hydrogen-bond donors (Lipinski definition) is 3. The predicted molar refractivity (Wildman–Crippen MR) is 281 cm³/mol. The Morgan fingerprint density at radius 1 is 1.01 bits per heavy atom. The second-order valence-electron chi connectivity index (χ2n) is 21.3. The SMILES string of the molecule is C#Cc1c(F)ccc2cc(O)cc(-c3ncc4c(N5CC6CCC(C5)N6C(=O)C(=C)COc5ccc6nc7c(c(CN)c6c5)Cn5c-7cc6c(c5=O)COC(=O)C6(O)CC)nc(OCC56CCCN5CC(F)C6)nc4c3F)c12. The zero-order valence-electron chi connectivity index (χ0n) is 42.5. The molecule has 78 heavy (non-hydrogen) atoms. The molecule has 0 aliphatic carbocycles. The zero-order chi connectivity index (χ0) is 54.1. The minimum atomic E-state index is -1.96. The number of phenolic OH excluding ortho intramolecular Hbond substituents is 1. The van der Waals surface area contributed by atoms with E-state index in [0.717, 1.165) is 30.5 Å². The van der Waals surface area contributed by atoms with Gasteiger partial charge in [0.15, 0.2) is 11.4 Å². The number of hydrogen-bond acceptors (Lipinski definition) is 15. The fourth-order valence-corrected chi connectivity index (χ4v) is 13.2. The number of rotatable bonds is 11. The van der Waals surface area contributed by atoms with Gasteiger partial charge in [-0.15, -0.1) is 6.42 Å². The van der Waals surface area contributed by atoms with E-state index in [1.807, 2.05) is 9.80 Å². The Kier molecular flexibility index (Phi) is 11.6. The summed E-state index contributed by atoms with van der Waals surface area (Å²) in [6.07, 6.45) is 9.44. The van der Waals surface area contributed by atoms with Crippen molar-refractivity contribution in [3.8, 4) is 52.5 Å². The Morgan fingerprint density at radius 2 is 1.82 bits per heavy atom. The molecule has 20 heteroatoms. The highest BCUT2D eigenvalue weighted by atomic mass is 19.1. The molecular formula is C58H52F3N9O8. The van der Waals surface area contributed by atoms with E-state index < -0.39 is 34.9 Å². The summed E-state index contributed by atoms with van der Waals surface area (Å²) in [6.45, 7) is 7.43. The average molecular weight is 1060 g/mol. The van der Waals surface area contributed by atoms with Crippen LogP contribution in [0.3, 0.4) is 0 Å². The fourth-order valence-electron chi connectivity index (χ4n) is 13.2. The predicted octanol–water partition coefficient (Wildman–Crippen LogP) is 6.43. The van der Waals surface area contributed by atoms with Crippen LogP contribution in [-0.2, 0) is 39.6 Å². The number of ether oxygens (including phenoxy) is 3. The molecule has 17 nitrogen and oxygen atoms in total. The summed E-state index contributed by atoms with van der Waals surface area (Å²) >= 11 is 0. The molecule has 6 aliphatic rings. The third-order valence-electron chi connectivity index (χ3n) is 17.0. The van der Waals surface area contributed by atoms with E-state index >= 15 is 8.78 Å². The molecule has 7 aromatic rings. The number of fused-ring (bicyclic) bond motifs is 10. The van der Waals surface area contributed by atoms with Crippen molar-refractivity contribution in [2.75, 3.05) is 44.3 Å². The Morgan fingerprint density at radius 3 is 2.59 bits per heavy atom. The fraction of sp³-hybridized carbons (Fsp3) is 0.362. The normalized spacial score (nSPS) is 23.1. The van der Waals surface area contributed by atoms with Gasteiger partial charge in [-0.05, 0) is 92.1 Å². The van der Waals surface area contributed by atoms with Gasteiger partial charge in [-0.1, -0.05) is 25.5 Å². The Bertz CT molecular complexity index is 3890. The summed E-state index contributed by atoms with van der Waals surface area (Å²) in [4.78, 5) is 65.8. The van der Waals surface area contributed by atoms with Crippen LogP contribution in [0.25, 0.3) is 55.2 Å². The number of anilines is 1. The highest BCUT2D eigenvalue weighted by Crippen LogP contribution is 2.45. The highest BCUT2D eigenvalue weighted by Gasteiger charge is 2.50. The number of halogens is 3. The molecular weight excluding hydrogens is 1010 g/mol. The van der Waals surface area contributed by atoms with Gasteiger partial charge in [0.2, 0.25) is 0 Å². The number of benzene rings is 3. The number of piperazine rings is 1. The van der Waals surface area contributed by atoms with Crippen LogP contribution in [0.2, 0.25) is 0 Å². The molecule has 6 aliphatic heterocycles. The zero-order valence-corrected chi connectivity index (χ0v) is 42.5.